The Morgan fingerprint density at radius 1 is 1.21 bits per heavy atom. The molecule has 6 nitrogen and oxygen atoms in total. The molecule has 148 valence electrons. The van der Waals surface area contributed by atoms with Crippen molar-refractivity contribution in [1.82, 2.24) is 4.57 Å². The third-order valence-electron chi connectivity index (χ3n) is 4.90. The molecule has 0 spiro atoms. The van der Waals surface area contributed by atoms with Crippen LogP contribution in [0.5, 0.6) is 5.75 Å². The molecule has 0 aliphatic carbocycles. The number of carboxylic acids is 1. The van der Waals surface area contributed by atoms with Crippen molar-refractivity contribution >= 4 is 17.6 Å². The molecule has 0 fully saturated rings. The largest absolute Gasteiger partial charge is 0.496 e. The van der Waals surface area contributed by atoms with Gasteiger partial charge in [0, 0.05) is 30.2 Å². The minimum Gasteiger partial charge on any atom is -0.496 e. The number of halogens is 2. The summed E-state index contributed by atoms with van der Waals surface area (Å²) < 4.78 is 34.5. The minimum absolute atomic E-state index is 0.0221. The van der Waals surface area contributed by atoms with Crippen molar-refractivity contribution in [3.8, 4) is 11.4 Å². The predicted molar refractivity (Wildman–Crippen MR) is 101 cm³/mol. The predicted octanol–water partition coefficient (Wildman–Crippen LogP) is 3.94. The number of carbonyl (C=O) groups excluding carboxylic acids is 1. The van der Waals surface area contributed by atoms with Gasteiger partial charge in [0.2, 0.25) is 5.91 Å². The number of hydrogen-bond donors (Lipinski definition) is 2. The Morgan fingerprint density at radius 3 is 2.55 bits per heavy atom. The third-order valence-corrected chi connectivity index (χ3v) is 4.90. The highest BCUT2D eigenvalue weighted by Crippen LogP contribution is 2.44. The van der Waals surface area contributed by atoms with E-state index in [1.807, 2.05) is 0 Å². The second kappa shape index (κ2) is 7.05. The van der Waals surface area contributed by atoms with E-state index in [1.54, 1.807) is 24.3 Å². The zero-order valence-corrected chi connectivity index (χ0v) is 15.3. The van der Waals surface area contributed by atoms with Crippen LogP contribution in [0.3, 0.4) is 0 Å². The molecule has 1 amide bonds. The maximum absolute atomic E-state index is 13.9. The van der Waals surface area contributed by atoms with Gasteiger partial charge in [-0.2, -0.15) is 0 Å². The molecule has 2 aromatic carbocycles. The minimum atomic E-state index is -1.27. The van der Waals surface area contributed by atoms with E-state index in [-0.39, 0.29) is 29.3 Å². The van der Waals surface area contributed by atoms with Crippen LogP contribution in [0.15, 0.2) is 48.7 Å². The Balaban J connectivity index is 2.01. The van der Waals surface area contributed by atoms with Gasteiger partial charge in [-0.15, -0.1) is 0 Å². The standard InChI is InChI=1S/C21H16F2N2O4/c1-29-17-5-3-2-4-14(17)15-9-18(26)24-19-16(21(27)28)10-25(20(15)19)13-7-11(22)6-12(23)8-13/h2-8,10,15H,9H2,1H3,(H,24,26)(H,27,28). The lowest BCUT2D eigenvalue weighted by Crippen LogP contribution is -2.25. The van der Waals surface area contributed by atoms with Crippen molar-refractivity contribution < 1.29 is 28.2 Å². The zero-order chi connectivity index (χ0) is 20.7. The van der Waals surface area contributed by atoms with Gasteiger partial charge in [-0.25, -0.2) is 13.6 Å². The van der Waals surface area contributed by atoms with Gasteiger partial charge in [-0.1, -0.05) is 18.2 Å². The normalized spacial score (nSPS) is 15.6. The lowest BCUT2D eigenvalue weighted by Gasteiger charge is -2.27. The van der Waals surface area contributed by atoms with E-state index in [0.29, 0.717) is 17.0 Å². The second-order valence-corrected chi connectivity index (χ2v) is 6.65. The van der Waals surface area contributed by atoms with E-state index in [9.17, 15) is 23.5 Å². The first kappa shape index (κ1) is 18.7. The fourth-order valence-corrected chi connectivity index (χ4v) is 3.73. The molecule has 1 aliphatic heterocycles. The number of ether oxygens (including phenoxy) is 1. The first-order valence-electron chi connectivity index (χ1n) is 8.76. The van der Waals surface area contributed by atoms with E-state index in [1.165, 1.54) is 17.9 Å². The lowest BCUT2D eigenvalue weighted by atomic mass is 9.87. The van der Waals surface area contributed by atoms with Crippen molar-refractivity contribution in [1.29, 1.82) is 0 Å². The van der Waals surface area contributed by atoms with Crippen LogP contribution in [0, 0.1) is 11.6 Å². The number of benzene rings is 2. The first-order chi connectivity index (χ1) is 13.9. The number of carboxylic acid groups (broad SMARTS) is 1. The van der Waals surface area contributed by atoms with Crippen molar-refractivity contribution in [2.24, 2.45) is 0 Å². The molecular weight excluding hydrogens is 382 g/mol. The smallest absolute Gasteiger partial charge is 0.339 e. The van der Waals surface area contributed by atoms with Gasteiger partial charge in [0.25, 0.3) is 0 Å². The number of para-hydroxylation sites is 1. The summed E-state index contributed by atoms with van der Waals surface area (Å²) in [6, 6.07) is 9.99. The molecule has 0 saturated heterocycles. The topological polar surface area (TPSA) is 80.6 Å². The van der Waals surface area contributed by atoms with Crippen LogP contribution in [-0.4, -0.2) is 28.7 Å². The highest BCUT2D eigenvalue weighted by Gasteiger charge is 2.35. The number of rotatable bonds is 4. The molecule has 2 N–H and O–H groups in total. The Morgan fingerprint density at radius 2 is 1.90 bits per heavy atom. The molecule has 29 heavy (non-hydrogen) atoms. The van der Waals surface area contributed by atoms with Gasteiger partial charge >= 0.3 is 5.97 Å². The fourth-order valence-electron chi connectivity index (χ4n) is 3.73. The van der Waals surface area contributed by atoms with Crippen LogP contribution in [0.1, 0.15) is 34.0 Å². The molecule has 1 aliphatic rings. The summed E-state index contributed by atoms with van der Waals surface area (Å²) >= 11 is 0. The highest BCUT2D eigenvalue weighted by atomic mass is 19.1. The SMILES string of the molecule is COc1ccccc1C1CC(=O)Nc2c(C(=O)O)cn(-c3cc(F)cc(F)c3)c21. The van der Waals surface area contributed by atoms with Gasteiger partial charge < -0.3 is 19.7 Å². The number of amides is 1. The van der Waals surface area contributed by atoms with Crippen molar-refractivity contribution in [2.45, 2.75) is 12.3 Å². The molecule has 0 saturated carbocycles. The molecule has 3 aromatic rings. The Labute approximate surface area is 164 Å². The Kier molecular flexibility index (Phi) is 4.54. The Hall–Kier alpha value is -3.68. The van der Waals surface area contributed by atoms with Crippen molar-refractivity contribution in [3.63, 3.8) is 0 Å². The molecule has 0 bridgehead atoms. The van der Waals surface area contributed by atoms with Crippen LogP contribution < -0.4 is 10.1 Å². The van der Waals surface area contributed by atoms with Crippen LogP contribution in [-0.2, 0) is 4.79 Å². The maximum atomic E-state index is 13.9. The summed E-state index contributed by atoms with van der Waals surface area (Å²) in [7, 11) is 1.49. The monoisotopic (exact) mass is 398 g/mol. The summed E-state index contributed by atoms with van der Waals surface area (Å²) in [5.41, 5.74) is 1.13. The summed E-state index contributed by atoms with van der Waals surface area (Å²) in [6.07, 6.45) is 1.28. The number of aromatic carboxylic acids is 1. The number of methoxy groups -OCH3 is 1. The number of anilines is 1. The molecule has 1 atom stereocenters. The fraction of sp³-hybridized carbons (Fsp3) is 0.143. The summed E-state index contributed by atoms with van der Waals surface area (Å²) in [5, 5.41) is 12.2. The van der Waals surface area contributed by atoms with Crippen LogP contribution in [0.4, 0.5) is 14.5 Å². The van der Waals surface area contributed by atoms with E-state index < -0.39 is 23.5 Å². The average molecular weight is 398 g/mol. The number of nitrogens with one attached hydrogen (secondary N) is 1. The number of hydrogen-bond acceptors (Lipinski definition) is 3. The molecule has 2 heterocycles. The number of fused-ring (bicyclic) bond motifs is 1. The number of nitrogens with zero attached hydrogens (tertiary/aromatic N) is 1. The van der Waals surface area contributed by atoms with Crippen molar-refractivity contribution in [3.05, 3.63) is 77.1 Å². The van der Waals surface area contributed by atoms with Gasteiger partial charge in [0.15, 0.2) is 0 Å². The first-order valence-corrected chi connectivity index (χ1v) is 8.76. The molecule has 8 heteroatoms. The zero-order valence-electron chi connectivity index (χ0n) is 15.3. The molecule has 4 rings (SSSR count). The van der Waals surface area contributed by atoms with Crippen molar-refractivity contribution in [2.75, 3.05) is 12.4 Å². The van der Waals surface area contributed by atoms with Gasteiger partial charge in [-0.3, -0.25) is 4.79 Å². The molecule has 1 aromatic heterocycles. The second-order valence-electron chi connectivity index (χ2n) is 6.65. The molecular formula is C21H16F2N2O4. The van der Waals surface area contributed by atoms with E-state index >= 15 is 0 Å². The third kappa shape index (κ3) is 3.22. The van der Waals surface area contributed by atoms with Gasteiger partial charge in [0.1, 0.15) is 22.9 Å². The van der Waals surface area contributed by atoms with E-state index in [2.05, 4.69) is 5.32 Å². The average Bonchev–Trinajstić information content (AvgIpc) is 3.06. The number of carbonyl (C=O) groups is 2. The van der Waals surface area contributed by atoms with Gasteiger partial charge in [-0.05, 0) is 18.2 Å². The van der Waals surface area contributed by atoms with E-state index in [0.717, 1.165) is 18.2 Å². The Bertz CT molecular complexity index is 1120. The molecule has 0 radical (unpaired) electrons. The van der Waals surface area contributed by atoms with Crippen LogP contribution in [0.2, 0.25) is 0 Å². The highest BCUT2D eigenvalue weighted by molar-refractivity contribution is 6.04. The van der Waals surface area contributed by atoms with E-state index in [4.69, 9.17) is 4.74 Å². The quantitative estimate of drug-likeness (QED) is 0.698. The van der Waals surface area contributed by atoms with Crippen LogP contribution in [0.25, 0.3) is 5.69 Å². The summed E-state index contributed by atoms with van der Waals surface area (Å²) in [6.45, 7) is 0. The lowest BCUT2D eigenvalue weighted by molar-refractivity contribution is -0.116. The summed E-state index contributed by atoms with van der Waals surface area (Å²) in [5.74, 6) is -3.28. The number of aromatic nitrogens is 1. The van der Waals surface area contributed by atoms with Gasteiger partial charge in [0.05, 0.1) is 24.2 Å². The van der Waals surface area contributed by atoms with Crippen LogP contribution >= 0.6 is 0 Å². The maximum Gasteiger partial charge on any atom is 0.339 e. The molecule has 1 unspecified atom stereocenters. The summed E-state index contributed by atoms with van der Waals surface area (Å²) in [4.78, 5) is 24.2.